The zero-order chi connectivity index (χ0) is 13.0. The third kappa shape index (κ3) is 2.72. The first-order chi connectivity index (χ1) is 8.72. The van der Waals surface area contributed by atoms with Gasteiger partial charge in [0.1, 0.15) is 6.33 Å². The lowest BCUT2D eigenvalue weighted by Crippen LogP contribution is -2.19. The van der Waals surface area contributed by atoms with Crippen molar-refractivity contribution in [3.05, 3.63) is 18.7 Å². The van der Waals surface area contributed by atoms with Crippen molar-refractivity contribution in [1.29, 1.82) is 0 Å². The SMILES string of the molecule is CCC(C)Nc1nc(NN)nc(-n2ccnc2)n1. The van der Waals surface area contributed by atoms with Crippen molar-refractivity contribution in [2.24, 2.45) is 5.84 Å². The minimum absolute atomic E-state index is 0.272. The van der Waals surface area contributed by atoms with Gasteiger partial charge in [-0.2, -0.15) is 15.0 Å². The van der Waals surface area contributed by atoms with Gasteiger partial charge in [0.2, 0.25) is 17.8 Å². The first-order valence-electron chi connectivity index (χ1n) is 5.70. The number of hydrogen-bond acceptors (Lipinski definition) is 7. The van der Waals surface area contributed by atoms with Crippen molar-refractivity contribution in [3.63, 3.8) is 0 Å². The van der Waals surface area contributed by atoms with E-state index in [0.29, 0.717) is 17.8 Å². The van der Waals surface area contributed by atoms with Gasteiger partial charge in [0, 0.05) is 18.4 Å². The fraction of sp³-hybridized carbons (Fsp3) is 0.400. The van der Waals surface area contributed by atoms with Crippen molar-refractivity contribution >= 4 is 11.9 Å². The molecule has 0 bridgehead atoms. The van der Waals surface area contributed by atoms with E-state index in [1.54, 1.807) is 23.3 Å². The zero-order valence-corrected chi connectivity index (χ0v) is 10.3. The number of hydrazine groups is 1. The van der Waals surface area contributed by atoms with Crippen molar-refractivity contribution in [1.82, 2.24) is 24.5 Å². The van der Waals surface area contributed by atoms with Gasteiger partial charge in [0.25, 0.3) is 0 Å². The monoisotopic (exact) mass is 248 g/mol. The van der Waals surface area contributed by atoms with E-state index in [0.717, 1.165) is 6.42 Å². The molecule has 8 nitrogen and oxygen atoms in total. The summed E-state index contributed by atoms with van der Waals surface area (Å²) in [4.78, 5) is 16.6. The Kier molecular flexibility index (Phi) is 3.68. The second-order valence-corrected chi connectivity index (χ2v) is 3.85. The van der Waals surface area contributed by atoms with Gasteiger partial charge in [-0.05, 0) is 13.3 Å². The van der Waals surface area contributed by atoms with Crippen LogP contribution in [0.5, 0.6) is 0 Å². The Hall–Kier alpha value is -2.22. The van der Waals surface area contributed by atoms with Crippen LogP contribution in [0.2, 0.25) is 0 Å². The number of nitrogen functional groups attached to an aromatic ring is 1. The van der Waals surface area contributed by atoms with Gasteiger partial charge in [-0.1, -0.05) is 6.92 Å². The Morgan fingerprint density at radius 1 is 1.33 bits per heavy atom. The third-order valence-electron chi connectivity index (χ3n) is 2.48. The van der Waals surface area contributed by atoms with Crippen molar-refractivity contribution < 1.29 is 0 Å². The summed E-state index contributed by atoms with van der Waals surface area (Å²) in [5.41, 5.74) is 2.42. The maximum atomic E-state index is 5.35. The van der Waals surface area contributed by atoms with Gasteiger partial charge in [-0.15, -0.1) is 0 Å². The zero-order valence-electron chi connectivity index (χ0n) is 10.3. The minimum Gasteiger partial charge on any atom is -0.352 e. The summed E-state index contributed by atoms with van der Waals surface area (Å²) >= 11 is 0. The molecule has 2 aromatic heterocycles. The molecular formula is C10H16N8. The van der Waals surface area contributed by atoms with Gasteiger partial charge in [0.15, 0.2) is 0 Å². The van der Waals surface area contributed by atoms with E-state index in [1.165, 1.54) is 0 Å². The standard InChI is InChI=1S/C10H16N8/c1-3-7(2)13-8-14-9(17-11)16-10(15-8)18-5-4-12-6-18/h4-7H,3,11H2,1-2H3,(H2,13,14,15,16,17). The van der Waals surface area contributed by atoms with E-state index in [-0.39, 0.29) is 6.04 Å². The van der Waals surface area contributed by atoms with Crippen LogP contribution in [0.1, 0.15) is 20.3 Å². The molecule has 8 heteroatoms. The van der Waals surface area contributed by atoms with Gasteiger partial charge in [-0.3, -0.25) is 9.99 Å². The van der Waals surface area contributed by atoms with E-state index >= 15 is 0 Å². The normalized spacial score (nSPS) is 12.2. The Bertz CT molecular complexity index is 495. The molecule has 4 N–H and O–H groups in total. The summed E-state index contributed by atoms with van der Waals surface area (Å²) in [6, 6.07) is 0.272. The predicted molar refractivity (Wildman–Crippen MR) is 68.1 cm³/mol. The van der Waals surface area contributed by atoms with Crippen LogP contribution in [0.15, 0.2) is 18.7 Å². The van der Waals surface area contributed by atoms with Crippen molar-refractivity contribution in [2.75, 3.05) is 10.7 Å². The lowest BCUT2D eigenvalue weighted by atomic mass is 10.3. The quantitative estimate of drug-likeness (QED) is 0.524. The average molecular weight is 248 g/mol. The number of nitrogens with one attached hydrogen (secondary N) is 2. The Morgan fingerprint density at radius 2 is 2.11 bits per heavy atom. The molecule has 2 aromatic rings. The lowest BCUT2D eigenvalue weighted by molar-refractivity contribution is 0.747. The first-order valence-corrected chi connectivity index (χ1v) is 5.70. The van der Waals surface area contributed by atoms with Crippen LogP contribution < -0.4 is 16.6 Å². The van der Waals surface area contributed by atoms with E-state index in [1.807, 2.05) is 0 Å². The first kappa shape index (κ1) is 12.2. The van der Waals surface area contributed by atoms with Crippen LogP contribution in [0.3, 0.4) is 0 Å². The van der Waals surface area contributed by atoms with Crippen molar-refractivity contribution in [3.8, 4) is 5.95 Å². The number of rotatable bonds is 5. The molecule has 96 valence electrons. The summed E-state index contributed by atoms with van der Waals surface area (Å²) < 4.78 is 1.68. The highest BCUT2D eigenvalue weighted by molar-refractivity contribution is 5.37. The molecule has 18 heavy (non-hydrogen) atoms. The lowest BCUT2D eigenvalue weighted by Gasteiger charge is -2.12. The molecule has 0 aromatic carbocycles. The number of nitrogens with two attached hydrogens (primary N) is 1. The number of nitrogens with zero attached hydrogens (tertiary/aromatic N) is 5. The highest BCUT2D eigenvalue weighted by atomic mass is 15.4. The van der Waals surface area contributed by atoms with E-state index in [2.05, 4.69) is 44.5 Å². The summed E-state index contributed by atoms with van der Waals surface area (Å²) in [6.45, 7) is 4.13. The molecule has 0 aliphatic rings. The Labute approximate surface area is 105 Å². The summed E-state index contributed by atoms with van der Waals surface area (Å²) in [6.07, 6.45) is 5.99. The third-order valence-corrected chi connectivity index (χ3v) is 2.48. The molecule has 1 atom stereocenters. The maximum absolute atomic E-state index is 5.35. The molecular weight excluding hydrogens is 232 g/mol. The van der Waals surface area contributed by atoms with E-state index < -0.39 is 0 Å². The van der Waals surface area contributed by atoms with Crippen LogP contribution in [0.4, 0.5) is 11.9 Å². The van der Waals surface area contributed by atoms with Gasteiger partial charge < -0.3 is 5.32 Å². The Balaban J connectivity index is 2.33. The second kappa shape index (κ2) is 5.41. The van der Waals surface area contributed by atoms with E-state index in [4.69, 9.17) is 5.84 Å². The maximum Gasteiger partial charge on any atom is 0.243 e. The fourth-order valence-corrected chi connectivity index (χ4v) is 1.31. The van der Waals surface area contributed by atoms with Gasteiger partial charge in [0.05, 0.1) is 0 Å². The van der Waals surface area contributed by atoms with Crippen LogP contribution in [-0.2, 0) is 0 Å². The number of anilines is 2. The van der Waals surface area contributed by atoms with Crippen LogP contribution in [-0.4, -0.2) is 30.5 Å². The molecule has 0 spiro atoms. The summed E-state index contributed by atoms with van der Waals surface area (Å²) in [5, 5.41) is 3.18. The molecule has 0 aliphatic carbocycles. The summed E-state index contributed by atoms with van der Waals surface area (Å²) in [5.74, 6) is 6.60. The fourth-order valence-electron chi connectivity index (χ4n) is 1.31. The van der Waals surface area contributed by atoms with Crippen LogP contribution in [0, 0.1) is 0 Å². The number of imidazole rings is 1. The molecule has 0 amide bonds. The molecule has 0 radical (unpaired) electrons. The molecule has 0 fully saturated rings. The smallest absolute Gasteiger partial charge is 0.243 e. The molecule has 0 saturated heterocycles. The minimum atomic E-state index is 0.272. The second-order valence-electron chi connectivity index (χ2n) is 3.85. The van der Waals surface area contributed by atoms with Gasteiger partial charge in [-0.25, -0.2) is 10.8 Å². The molecule has 0 aliphatic heterocycles. The highest BCUT2D eigenvalue weighted by Gasteiger charge is 2.08. The number of hydrogen-bond donors (Lipinski definition) is 3. The molecule has 2 heterocycles. The highest BCUT2D eigenvalue weighted by Crippen LogP contribution is 2.09. The predicted octanol–water partition coefficient (Wildman–Crippen LogP) is 0.553. The molecule has 2 rings (SSSR count). The van der Waals surface area contributed by atoms with Crippen LogP contribution in [0.25, 0.3) is 5.95 Å². The van der Waals surface area contributed by atoms with Crippen molar-refractivity contribution in [2.45, 2.75) is 26.3 Å². The summed E-state index contributed by atoms with van der Waals surface area (Å²) in [7, 11) is 0. The largest absolute Gasteiger partial charge is 0.352 e. The number of aromatic nitrogens is 5. The van der Waals surface area contributed by atoms with E-state index in [9.17, 15) is 0 Å². The topological polar surface area (TPSA) is 107 Å². The molecule has 1 unspecified atom stereocenters. The Morgan fingerprint density at radius 3 is 2.72 bits per heavy atom. The van der Waals surface area contributed by atoms with Crippen LogP contribution >= 0.6 is 0 Å². The van der Waals surface area contributed by atoms with Gasteiger partial charge >= 0.3 is 0 Å². The molecule has 0 saturated carbocycles. The average Bonchev–Trinajstić information content (AvgIpc) is 2.92.